The molecule has 0 spiro atoms. The summed E-state index contributed by atoms with van der Waals surface area (Å²) in [4.78, 5) is 11.8. The van der Waals surface area contributed by atoms with Crippen LogP contribution in [-0.2, 0) is 11.0 Å². The van der Waals surface area contributed by atoms with Gasteiger partial charge in [-0.25, -0.2) is 0 Å². The van der Waals surface area contributed by atoms with Crippen molar-refractivity contribution in [2.45, 2.75) is 6.18 Å². The molecule has 0 aliphatic carbocycles. The van der Waals surface area contributed by atoms with Crippen molar-refractivity contribution in [3.05, 3.63) is 72.3 Å². The van der Waals surface area contributed by atoms with Crippen LogP contribution in [0.1, 0.15) is 5.56 Å². The maximum atomic E-state index is 12.9. The van der Waals surface area contributed by atoms with Gasteiger partial charge in [-0.05, 0) is 35.0 Å². The van der Waals surface area contributed by atoms with Crippen molar-refractivity contribution < 1.29 is 22.7 Å². The molecule has 2 N–H and O–H groups in total. The second kappa shape index (κ2) is 7.35. The number of rotatable bonds is 5. The van der Waals surface area contributed by atoms with Crippen LogP contribution in [0.5, 0.6) is 5.75 Å². The molecule has 4 nitrogen and oxygen atoms in total. The minimum Gasteiger partial charge on any atom is -0.484 e. The van der Waals surface area contributed by atoms with Gasteiger partial charge in [0.1, 0.15) is 5.75 Å². The number of anilines is 1. The molecular formula is C19H15F3N2O2. The lowest BCUT2D eigenvalue weighted by atomic mass is 10.1. The number of para-hydroxylation sites is 1. The first-order valence-corrected chi connectivity index (χ1v) is 7.76. The molecule has 0 radical (unpaired) electrons. The van der Waals surface area contributed by atoms with E-state index < -0.39 is 17.6 Å². The molecule has 1 amide bonds. The van der Waals surface area contributed by atoms with E-state index in [-0.39, 0.29) is 12.3 Å². The topological polar surface area (TPSA) is 50.4 Å². The number of fused-ring (bicyclic) bond motifs is 1. The van der Waals surface area contributed by atoms with Crippen LogP contribution < -0.4 is 15.6 Å². The van der Waals surface area contributed by atoms with Gasteiger partial charge in [-0.1, -0.05) is 42.5 Å². The van der Waals surface area contributed by atoms with Gasteiger partial charge in [-0.2, -0.15) is 13.2 Å². The summed E-state index contributed by atoms with van der Waals surface area (Å²) < 4.78 is 44.1. The van der Waals surface area contributed by atoms with Crippen LogP contribution in [0.2, 0.25) is 0 Å². The SMILES string of the molecule is O=C(COc1ccc2ccccc2c1)NNc1ccccc1C(F)(F)F. The van der Waals surface area contributed by atoms with Crippen molar-refractivity contribution in [2.75, 3.05) is 12.0 Å². The van der Waals surface area contributed by atoms with Crippen molar-refractivity contribution in [1.29, 1.82) is 0 Å². The molecule has 3 aromatic carbocycles. The van der Waals surface area contributed by atoms with Crippen molar-refractivity contribution in [1.82, 2.24) is 5.43 Å². The Morgan fingerprint density at radius 2 is 1.62 bits per heavy atom. The molecule has 3 aromatic rings. The molecule has 0 saturated heterocycles. The number of carbonyl (C=O) groups excluding carboxylic acids is 1. The van der Waals surface area contributed by atoms with Gasteiger partial charge in [-0.15, -0.1) is 0 Å². The van der Waals surface area contributed by atoms with Crippen LogP contribution in [0.3, 0.4) is 0 Å². The van der Waals surface area contributed by atoms with Gasteiger partial charge in [0.25, 0.3) is 5.91 Å². The fraction of sp³-hybridized carbons (Fsp3) is 0.105. The van der Waals surface area contributed by atoms with Crippen LogP contribution in [0.25, 0.3) is 10.8 Å². The van der Waals surface area contributed by atoms with E-state index in [1.54, 1.807) is 12.1 Å². The number of benzene rings is 3. The molecule has 0 atom stereocenters. The van der Waals surface area contributed by atoms with Gasteiger partial charge in [0, 0.05) is 0 Å². The van der Waals surface area contributed by atoms with Crippen LogP contribution in [0.15, 0.2) is 66.7 Å². The normalized spacial score (nSPS) is 11.2. The summed E-state index contributed by atoms with van der Waals surface area (Å²) in [6, 6.07) is 17.9. The number of hydrogen-bond donors (Lipinski definition) is 2. The highest BCUT2D eigenvalue weighted by molar-refractivity contribution is 5.84. The van der Waals surface area contributed by atoms with Crippen LogP contribution in [0.4, 0.5) is 18.9 Å². The van der Waals surface area contributed by atoms with E-state index in [4.69, 9.17) is 4.74 Å². The lowest BCUT2D eigenvalue weighted by Crippen LogP contribution is -2.34. The summed E-state index contributed by atoms with van der Waals surface area (Å²) in [5.41, 5.74) is 3.39. The molecule has 0 saturated carbocycles. The molecule has 0 bridgehead atoms. The number of amides is 1. The Labute approximate surface area is 147 Å². The van der Waals surface area contributed by atoms with Crippen LogP contribution >= 0.6 is 0 Å². The van der Waals surface area contributed by atoms with E-state index in [1.165, 1.54) is 18.2 Å². The molecule has 0 fully saturated rings. The van der Waals surface area contributed by atoms with E-state index in [1.807, 2.05) is 30.3 Å². The summed E-state index contributed by atoms with van der Waals surface area (Å²) in [5, 5.41) is 2.00. The van der Waals surface area contributed by atoms with Gasteiger partial charge < -0.3 is 4.74 Å². The fourth-order valence-corrected chi connectivity index (χ4v) is 2.42. The van der Waals surface area contributed by atoms with Gasteiger partial charge in [0.05, 0.1) is 11.3 Å². The zero-order chi connectivity index (χ0) is 18.6. The number of halogens is 3. The maximum absolute atomic E-state index is 12.9. The fourth-order valence-electron chi connectivity index (χ4n) is 2.42. The minimum absolute atomic E-state index is 0.237. The van der Waals surface area contributed by atoms with Crippen LogP contribution in [-0.4, -0.2) is 12.5 Å². The Balaban J connectivity index is 1.58. The van der Waals surface area contributed by atoms with Gasteiger partial charge in [0.15, 0.2) is 6.61 Å². The highest BCUT2D eigenvalue weighted by atomic mass is 19.4. The van der Waals surface area contributed by atoms with Crippen molar-refractivity contribution >= 4 is 22.4 Å². The highest BCUT2D eigenvalue weighted by Crippen LogP contribution is 2.34. The Morgan fingerprint density at radius 1 is 0.923 bits per heavy atom. The zero-order valence-electron chi connectivity index (χ0n) is 13.5. The first kappa shape index (κ1) is 17.6. The minimum atomic E-state index is -4.52. The first-order valence-electron chi connectivity index (χ1n) is 7.76. The summed E-state index contributed by atoms with van der Waals surface area (Å²) in [5.74, 6) is -0.107. The Morgan fingerprint density at radius 3 is 2.38 bits per heavy atom. The molecular weight excluding hydrogens is 345 g/mol. The van der Waals surface area contributed by atoms with E-state index >= 15 is 0 Å². The molecule has 0 unspecified atom stereocenters. The maximum Gasteiger partial charge on any atom is 0.418 e. The van der Waals surface area contributed by atoms with E-state index in [0.29, 0.717) is 5.75 Å². The number of hydrogen-bond acceptors (Lipinski definition) is 3. The molecule has 7 heteroatoms. The van der Waals surface area contributed by atoms with Crippen molar-refractivity contribution in [3.63, 3.8) is 0 Å². The molecule has 0 aliphatic rings. The standard InChI is InChI=1S/C19H15F3N2O2/c20-19(21,22)16-7-3-4-8-17(16)23-24-18(25)12-26-15-10-9-13-5-1-2-6-14(13)11-15/h1-11,23H,12H2,(H,24,25). The summed E-state index contributed by atoms with van der Waals surface area (Å²) >= 11 is 0. The lowest BCUT2D eigenvalue weighted by molar-refractivity contribution is -0.137. The Bertz CT molecular complexity index is 926. The molecule has 134 valence electrons. The Hall–Kier alpha value is -3.22. The van der Waals surface area contributed by atoms with Gasteiger partial charge >= 0.3 is 6.18 Å². The molecule has 0 aliphatic heterocycles. The quantitative estimate of drug-likeness (QED) is 0.664. The third kappa shape index (κ3) is 4.24. The predicted molar refractivity (Wildman–Crippen MR) is 92.7 cm³/mol. The third-order valence-electron chi connectivity index (χ3n) is 3.66. The third-order valence-corrected chi connectivity index (χ3v) is 3.66. The smallest absolute Gasteiger partial charge is 0.418 e. The van der Waals surface area contributed by atoms with E-state index in [0.717, 1.165) is 16.8 Å². The number of nitrogens with one attached hydrogen (secondary N) is 2. The number of alkyl halides is 3. The molecule has 0 heterocycles. The summed E-state index contributed by atoms with van der Waals surface area (Å²) in [6.07, 6.45) is -4.52. The van der Waals surface area contributed by atoms with Gasteiger partial charge in [-0.3, -0.25) is 15.6 Å². The first-order chi connectivity index (χ1) is 12.4. The zero-order valence-corrected chi connectivity index (χ0v) is 13.5. The van der Waals surface area contributed by atoms with Crippen LogP contribution in [0, 0.1) is 0 Å². The summed E-state index contributed by atoms with van der Waals surface area (Å²) in [7, 11) is 0. The largest absolute Gasteiger partial charge is 0.484 e. The van der Waals surface area contributed by atoms with Crippen molar-refractivity contribution in [3.8, 4) is 5.75 Å². The van der Waals surface area contributed by atoms with E-state index in [2.05, 4.69) is 10.9 Å². The average molecular weight is 360 g/mol. The highest BCUT2D eigenvalue weighted by Gasteiger charge is 2.33. The van der Waals surface area contributed by atoms with Crippen molar-refractivity contribution in [2.24, 2.45) is 0 Å². The molecule has 0 aromatic heterocycles. The monoisotopic (exact) mass is 360 g/mol. The second-order valence-electron chi connectivity index (χ2n) is 5.51. The Kier molecular flexibility index (Phi) is 4.97. The molecule has 3 rings (SSSR count). The predicted octanol–water partition coefficient (Wildman–Crippen LogP) is 4.38. The number of ether oxygens (including phenoxy) is 1. The molecule has 26 heavy (non-hydrogen) atoms. The number of carbonyl (C=O) groups is 1. The van der Waals surface area contributed by atoms with E-state index in [9.17, 15) is 18.0 Å². The number of hydrazine groups is 1. The average Bonchev–Trinajstić information content (AvgIpc) is 2.64. The lowest BCUT2D eigenvalue weighted by Gasteiger charge is -2.15. The summed E-state index contributed by atoms with van der Waals surface area (Å²) in [6.45, 7) is -0.334. The second-order valence-corrected chi connectivity index (χ2v) is 5.51. The van der Waals surface area contributed by atoms with Gasteiger partial charge in [0.2, 0.25) is 0 Å².